The van der Waals surface area contributed by atoms with Gasteiger partial charge in [0.1, 0.15) is 5.82 Å². The minimum absolute atomic E-state index is 0.640. The van der Waals surface area contributed by atoms with Crippen LogP contribution in [0.2, 0.25) is 5.02 Å². The van der Waals surface area contributed by atoms with E-state index in [9.17, 15) is 0 Å². The summed E-state index contributed by atoms with van der Waals surface area (Å²) in [6.45, 7) is 5.02. The Balaban J connectivity index is 2.30. The summed E-state index contributed by atoms with van der Waals surface area (Å²) in [7, 11) is 0. The molecule has 1 heterocycles. The van der Waals surface area contributed by atoms with Crippen LogP contribution in [-0.2, 0) is 6.54 Å². The van der Waals surface area contributed by atoms with Crippen molar-refractivity contribution in [2.24, 2.45) is 0 Å². The number of nitrogens with zero attached hydrogens (tertiary/aromatic N) is 2. The van der Waals surface area contributed by atoms with Crippen LogP contribution in [0.5, 0.6) is 0 Å². The normalized spacial score (nSPS) is 11.2. The van der Waals surface area contributed by atoms with Crippen molar-refractivity contribution < 1.29 is 0 Å². The lowest BCUT2D eigenvalue weighted by Crippen LogP contribution is -2.00. The molecule has 0 amide bonds. The number of fused-ring (bicyclic) bond motifs is 1. The first kappa shape index (κ1) is 13.0. The molecule has 0 atom stereocenters. The average molecular weight is 286 g/mol. The van der Waals surface area contributed by atoms with Crippen molar-refractivity contribution in [3.8, 4) is 11.4 Å². The Morgan fingerprint density at radius 2 is 2.00 bits per heavy atom. The fraction of sp³-hybridized carbons (Fsp3) is 0.188. The highest BCUT2D eigenvalue weighted by Crippen LogP contribution is 2.31. The number of halogens is 1. The molecule has 3 aromatic rings. The highest BCUT2D eigenvalue weighted by molar-refractivity contribution is 6.31. The molecule has 0 unspecified atom stereocenters. The van der Waals surface area contributed by atoms with Gasteiger partial charge in [0.2, 0.25) is 0 Å². The van der Waals surface area contributed by atoms with Gasteiger partial charge in [-0.05, 0) is 49.7 Å². The smallest absolute Gasteiger partial charge is 0.143 e. The van der Waals surface area contributed by atoms with E-state index in [1.54, 1.807) is 6.07 Å². The molecule has 0 aliphatic rings. The summed E-state index contributed by atoms with van der Waals surface area (Å²) in [4.78, 5) is 4.74. The van der Waals surface area contributed by atoms with E-state index in [1.165, 1.54) is 5.56 Å². The maximum Gasteiger partial charge on any atom is 0.143 e. The molecule has 4 heteroatoms. The summed E-state index contributed by atoms with van der Waals surface area (Å²) in [5.41, 5.74) is 11.0. The molecular weight excluding hydrogens is 270 g/mol. The van der Waals surface area contributed by atoms with Gasteiger partial charge in [-0.2, -0.15) is 0 Å². The van der Waals surface area contributed by atoms with Gasteiger partial charge in [0, 0.05) is 22.8 Å². The van der Waals surface area contributed by atoms with E-state index in [0.717, 1.165) is 29.0 Å². The van der Waals surface area contributed by atoms with E-state index >= 15 is 0 Å². The Kier molecular flexibility index (Phi) is 3.14. The number of aryl methyl sites for hydroxylation is 2. The number of aromatic nitrogens is 2. The van der Waals surface area contributed by atoms with Gasteiger partial charge in [-0.3, -0.25) is 0 Å². The monoisotopic (exact) mass is 285 g/mol. The Bertz CT molecular complexity index is 790. The zero-order valence-electron chi connectivity index (χ0n) is 11.5. The Labute approximate surface area is 123 Å². The Hall–Kier alpha value is -2.00. The predicted octanol–water partition coefficient (Wildman–Crippen LogP) is 4.27. The van der Waals surface area contributed by atoms with Crippen molar-refractivity contribution in [2.75, 3.05) is 5.73 Å². The molecule has 2 aromatic carbocycles. The molecular formula is C16H16ClN3. The molecule has 0 aliphatic heterocycles. The maximum absolute atomic E-state index is 6.09. The lowest BCUT2D eigenvalue weighted by molar-refractivity contribution is 0.796. The molecule has 20 heavy (non-hydrogen) atoms. The van der Waals surface area contributed by atoms with Crippen LogP contribution in [0.15, 0.2) is 36.4 Å². The first-order chi connectivity index (χ1) is 9.60. The van der Waals surface area contributed by atoms with Gasteiger partial charge >= 0.3 is 0 Å². The van der Waals surface area contributed by atoms with Crippen molar-refractivity contribution in [1.29, 1.82) is 0 Å². The lowest BCUT2D eigenvalue weighted by atomic mass is 10.1. The van der Waals surface area contributed by atoms with Gasteiger partial charge in [0.15, 0.2) is 0 Å². The molecule has 0 saturated heterocycles. The molecule has 102 valence electrons. The van der Waals surface area contributed by atoms with E-state index in [0.29, 0.717) is 10.7 Å². The molecule has 0 fully saturated rings. The van der Waals surface area contributed by atoms with Gasteiger partial charge in [-0.15, -0.1) is 0 Å². The number of nitrogen functional groups attached to an aromatic ring is 1. The third-order valence-corrected chi connectivity index (χ3v) is 3.71. The first-order valence-electron chi connectivity index (χ1n) is 6.62. The lowest BCUT2D eigenvalue weighted by Gasteiger charge is -2.08. The number of imidazole rings is 1. The molecule has 0 radical (unpaired) electrons. The predicted molar refractivity (Wildman–Crippen MR) is 85.0 cm³/mol. The number of rotatable bonds is 2. The summed E-state index contributed by atoms with van der Waals surface area (Å²) in [6.07, 6.45) is 0. The van der Waals surface area contributed by atoms with Gasteiger partial charge in [0.25, 0.3) is 0 Å². The zero-order valence-corrected chi connectivity index (χ0v) is 12.3. The van der Waals surface area contributed by atoms with Crippen molar-refractivity contribution in [3.05, 3.63) is 47.0 Å². The van der Waals surface area contributed by atoms with Crippen molar-refractivity contribution in [1.82, 2.24) is 9.55 Å². The van der Waals surface area contributed by atoms with E-state index in [-0.39, 0.29) is 0 Å². The number of hydrogen-bond acceptors (Lipinski definition) is 2. The second kappa shape index (κ2) is 4.84. The molecule has 0 aliphatic carbocycles. The summed E-state index contributed by atoms with van der Waals surface area (Å²) in [5, 5.41) is 0.640. The molecule has 0 bridgehead atoms. The average Bonchev–Trinajstić information content (AvgIpc) is 2.75. The van der Waals surface area contributed by atoms with Gasteiger partial charge in [-0.1, -0.05) is 17.7 Å². The van der Waals surface area contributed by atoms with Gasteiger partial charge in [0.05, 0.1) is 11.0 Å². The minimum Gasteiger partial charge on any atom is -0.398 e. The third kappa shape index (κ3) is 2.04. The molecule has 0 saturated carbocycles. The van der Waals surface area contributed by atoms with Crippen LogP contribution in [0, 0.1) is 6.92 Å². The van der Waals surface area contributed by atoms with Crippen LogP contribution in [0.4, 0.5) is 5.69 Å². The minimum atomic E-state index is 0.640. The second-order valence-electron chi connectivity index (χ2n) is 4.90. The quantitative estimate of drug-likeness (QED) is 0.715. The summed E-state index contributed by atoms with van der Waals surface area (Å²) in [5.74, 6) is 0.891. The topological polar surface area (TPSA) is 43.8 Å². The fourth-order valence-electron chi connectivity index (χ4n) is 2.50. The summed E-state index contributed by atoms with van der Waals surface area (Å²) in [6, 6.07) is 11.8. The van der Waals surface area contributed by atoms with Crippen LogP contribution >= 0.6 is 11.6 Å². The Morgan fingerprint density at radius 1 is 1.20 bits per heavy atom. The molecule has 0 spiro atoms. The summed E-state index contributed by atoms with van der Waals surface area (Å²) < 4.78 is 2.17. The largest absolute Gasteiger partial charge is 0.398 e. The van der Waals surface area contributed by atoms with Crippen molar-refractivity contribution in [3.63, 3.8) is 0 Å². The number of benzene rings is 2. The van der Waals surface area contributed by atoms with Crippen LogP contribution in [-0.4, -0.2) is 9.55 Å². The van der Waals surface area contributed by atoms with Crippen molar-refractivity contribution in [2.45, 2.75) is 20.4 Å². The van der Waals surface area contributed by atoms with Crippen molar-refractivity contribution >= 4 is 28.3 Å². The van der Waals surface area contributed by atoms with Crippen LogP contribution in [0.1, 0.15) is 12.5 Å². The second-order valence-corrected chi connectivity index (χ2v) is 5.34. The first-order valence-corrected chi connectivity index (χ1v) is 7.00. The van der Waals surface area contributed by atoms with E-state index in [2.05, 4.69) is 36.6 Å². The van der Waals surface area contributed by atoms with E-state index in [1.807, 2.05) is 12.1 Å². The number of hydrogen-bond donors (Lipinski definition) is 1. The fourth-order valence-corrected chi connectivity index (χ4v) is 2.68. The highest BCUT2D eigenvalue weighted by Gasteiger charge is 2.13. The molecule has 2 N–H and O–H groups in total. The van der Waals surface area contributed by atoms with Crippen LogP contribution in [0.3, 0.4) is 0 Å². The zero-order chi connectivity index (χ0) is 14.3. The molecule has 3 rings (SSSR count). The number of nitrogens with two attached hydrogens (primary N) is 1. The number of anilines is 1. The summed E-state index contributed by atoms with van der Waals surface area (Å²) >= 11 is 5.97. The Morgan fingerprint density at radius 3 is 2.70 bits per heavy atom. The van der Waals surface area contributed by atoms with Gasteiger partial charge < -0.3 is 10.3 Å². The maximum atomic E-state index is 6.09. The molecule has 1 aromatic heterocycles. The molecule has 3 nitrogen and oxygen atoms in total. The van der Waals surface area contributed by atoms with E-state index < -0.39 is 0 Å². The van der Waals surface area contributed by atoms with Crippen LogP contribution in [0.25, 0.3) is 22.4 Å². The SMILES string of the molecule is CCn1c(-c2ccc(Cl)cc2N)nc2cc(C)ccc21. The standard InChI is InChI=1S/C16H16ClN3/c1-3-20-15-7-4-10(2)8-14(15)19-16(20)12-6-5-11(17)9-13(12)18/h4-9H,3,18H2,1-2H3. The highest BCUT2D eigenvalue weighted by atomic mass is 35.5. The third-order valence-electron chi connectivity index (χ3n) is 3.47. The van der Waals surface area contributed by atoms with Crippen LogP contribution < -0.4 is 5.73 Å². The van der Waals surface area contributed by atoms with E-state index in [4.69, 9.17) is 22.3 Å². The van der Waals surface area contributed by atoms with Gasteiger partial charge in [-0.25, -0.2) is 4.98 Å².